The van der Waals surface area contributed by atoms with E-state index >= 15 is 0 Å². The van der Waals surface area contributed by atoms with E-state index in [4.69, 9.17) is 0 Å². The lowest BCUT2D eigenvalue weighted by Crippen LogP contribution is -2.51. The first-order valence-corrected chi connectivity index (χ1v) is 7.84. The minimum absolute atomic E-state index is 0.163. The van der Waals surface area contributed by atoms with Crippen molar-refractivity contribution in [2.24, 2.45) is 13.0 Å². The highest BCUT2D eigenvalue weighted by atomic mass is 16.2. The quantitative estimate of drug-likeness (QED) is 0.844. The molecule has 0 aromatic carbocycles. The van der Waals surface area contributed by atoms with Crippen LogP contribution in [0.3, 0.4) is 0 Å². The second-order valence-electron chi connectivity index (χ2n) is 6.24. The Labute approximate surface area is 126 Å². The molecular formula is C15H25N5O. The summed E-state index contributed by atoms with van der Waals surface area (Å²) in [5.41, 5.74) is 0.936. The Morgan fingerprint density at radius 3 is 2.62 bits per heavy atom. The van der Waals surface area contributed by atoms with Crippen molar-refractivity contribution in [1.82, 2.24) is 24.9 Å². The molecule has 2 aliphatic rings. The average Bonchev–Trinajstić information content (AvgIpc) is 3.20. The van der Waals surface area contributed by atoms with E-state index in [0.29, 0.717) is 0 Å². The van der Waals surface area contributed by atoms with E-state index in [1.165, 1.54) is 19.4 Å². The number of carbonyl (C=O) groups is 1. The van der Waals surface area contributed by atoms with E-state index in [1.807, 2.05) is 25.2 Å². The Hall–Kier alpha value is -1.40. The summed E-state index contributed by atoms with van der Waals surface area (Å²) in [5, 5.41) is 7.29. The predicted octanol–water partition coefficient (Wildman–Crippen LogP) is 0.235. The fraction of sp³-hybridized carbons (Fsp3) is 0.733. The molecule has 0 bridgehead atoms. The minimum Gasteiger partial charge on any atom is -0.338 e. The van der Waals surface area contributed by atoms with Crippen LogP contribution in [0.4, 0.5) is 0 Å². The molecule has 1 saturated heterocycles. The Balaban J connectivity index is 1.56. The summed E-state index contributed by atoms with van der Waals surface area (Å²) in [6.45, 7) is 4.91. The normalized spacial score (nSPS) is 21.5. The molecule has 1 atom stereocenters. The molecule has 6 nitrogen and oxygen atoms in total. The molecule has 6 heteroatoms. The van der Waals surface area contributed by atoms with Crippen LogP contribution >= 0.6 is 0 Å². The first-order valence-electron chi connectivity index (χ1n) is 7.84. The van der Waals surface area contributed by atoms with Crippen LogP contribution < -0.4 is 5.32 Å². The second kappa shape index (κ2) is 6.15. The number of nitrogens with zero attached hydrogens (tertiary/aromatic N) is 4. The van der Waals surface area contributed by atoms with Crippen LogP contribution in [0.5, 0.6) is 0 Å². The van der Waals surface area contributed by atoms with Crippen LogP contribution in [0, 0.1) is 5.92 Å². The molecule has 0 radical (unpaired) electrons. The van der Waals surface area contributed by atoms with Crippen LogP contribution in [0.2, 0.25) is 0 Å². The molecule has 1 saturated carbocycles. The number of piperazine rings is 1. The van der Waals surface area contributed by atoms with Crippen LogP contribution in [0.15, 0.2) is 12.4 Å². The summed E-state index contributed by atoms with van der Waals surface area (Å²) in [6, 6.07) is -0.284. The number of carbonyl (C=O) groups excluding carboxylic acids is 1. The lowest BCUT2D eigenvalue weighted by Gasteiger charge is -2.36. The third-order valence-corrected chi connectivity index (χ3v) is 4.49. The van der Waals surface area contributed by atoms with Gasteiger partial charge in [-0.05, 0) is 25.8 Å². The Kier molecular flexibility index (Phi) is 4.26. The largest absolute Gasteiger partial charge is 0.338 e. The van der Waals surface area contributed by atoms with E-state index in [0.717, 1.165) is 37.7 Å². The maximum absolute atomic E-state index is 12.7. The summed E-state index contributed by atoms with van der Waals surface area (Å²) < 4.78 is 1.74. The van der Waals surface area contributed by atoms with Gasteiger partial charge in [-0.15, -0.1) is 0 Å². The third-order valence-electron chi connectivity index (χ3n) is 4.49. The zero-order valence-corrected chi connectivity index (χ0v) is 13.0. The van der Waals surface area contributed by atoms with Gasteiger partial charge in [-0.3, -0.25) is 14.4 Å². The number of rotatable bonds is 5. The van der Waals surface area contributed by atoms with Gasteiger partial charge in [0.15, 0.2) is 0 Å². The molecule has 3 rings (SSSR count). The van der Waals surface area contributed by atoms with Gasteiger partial charge in [0, 0.05) is 51.5 Å². The van der Waals surface area contributed by atoms with Crippen molar-refractivity contribution >= 4 is 5.91 Å². The Morgan fingerprint density at radius 2 is 2.10 bits per heavy atom. The van der Waals surface area contributed by atoms with Crippen molar-refractivity contribution in [3.8, 4) is 0 Å². The summed E-state index contributed by atoms with van der Waals surface area (Å²) in [7, 11) is 3.70. The molecule has 1 N–H and O–H groups in total. The lowest BCUT2D eigenvalue weighted by atomic mass is 10.1. The molecule has 1 aliphatic heterocycles. The molecule has 1 aliphatic carbocycles. The van der Waals surface area contributed by atoms with Gasteiger partial charge in [-0.1, -0.05) is 0 Å². The second-order valence-corrected chi connectivity index (χ2v) is 6.24. The Morgan fingerprint density at radius 1 is 1.38 bits per heavy atom. The van der Waals surface area contributed by atoms with E-state index in [-0.39, 0.29) is 11.9 Å². The van der Waals surface area contributed by atoms with Crippen molar-refractivity contribution in [3.63, 3.8) is 0 Å². The van der Waals surface area contributed by atoms with Crippen LogP contribution in [0.1, 0.15) is 24.4 Å². The SMILES string of the molecule is CNC(C(=O)N1CCN(CC2CC2)CC1)c1cnn(C)c1. The van der Waals surface area contributed by atoms with Crippen molar-refractivity contribution < 1.29 is 4.79 Å². The summed E-state index contributed by atoms with van der Waals surface area (Å²) in [6.07, 6.45) is 6.45. The number of likely N-dealkylation sites (N-methyl/N-ethyl adjacent to an activating group) is 1. The van der Waals surface area contributed by atoms with Gasteiger partial charge in [0.25, 0.3) is 0 Å². The number of aryl methyl sites for hydroxylation is 1. The number of nitrogens with one attached hydrogen (secondary N) is 1. The van der Waals surface area contributed by atoms with E-state index in [2.05, 4.69) is 15.3 Å². The fourth-order valence-corrected chi connectivity index (χ4v) is 3.02. The molecular weight excluding hydrogens is 266 g/mol. The monoisotopic (exact) mass is 291 g/mol. The zero-order valence-electron chi connectivity index (χ0n) is 13.0. The first-order chi connectivity index (χ1) is 10.2. The molecule has 2 heterocycles. The molecule has 116 valence electrons. The first kappa shape index (κ1) is 14.5. The maximum atomic E-state index is 12.7. The number of aromatic nitrogens is 2. The molecule has 1 aromatic rings. The van der Waals surface area contributed by atoms with Crippen LogP contribution in [0.25, 0.3) is 0 Å². The third kappa shape index (κ3) is 3.44. The molecule has 1 unspecified atom stereocenters. The van der Waals surface area contributed by atoms with Crippen molar-refractivity contribution in [3.05, 3.63) is 18.0 Å². The van der Waals surface area contributed by atoms with E-state index < -0.39 is 0 Å². The van der Waals surface area contributed by atoms with Crippen LogP contribution in [-0.2, 0) is 11.8 Å². The topological polar surface area (TPSA) is 53.4 Å². The van der Waals surface area contributed by atoms with Gasteiger partial charge in [-0.2, -0.15) is 5.10 Å². The average molecular weight is 291 g/mol. The van der Waals surface area contributed by atoms with Crippen molar-refractivity contribution in [2.45, 2.75) is 18.9 Å². The Bertz CT molecular complexity index is 488. The van der Waals surface area contributed by atoms with E-state index in [1.54, 1.807) is 10.9 Å². The standard InChI is InChI=1S/C15H25N5O/c1-16-14(13-9-17-18(2)11-13)15(21)20-7-5-19(6-8-20)10-12-3-4-12/h9,11-12,14,16H,3-8,10H2,1-2H3. The summed E-state index contributed by atoms with van der Waals surface area (Å²) in [5.74, 6) is 1.09. The predicted molar refractivity (Wildman–Crippen MR) is 80.8 cm³/mol. The summed E-state index contributed by atoms with van der Waals surface area (Å²) >= 11 is 0. The molecule has 0 spiro atoms. The van der Waals surface area contributed by atoms with E-state index in [9.17, 15) is 4.79 Å². The highest BCUT2D eigenvalue weighted by molar-refractivity contribution is 5.83. The molecule has 21 heavy (non-hydrogen) atoms. The molecule has 1 amide bonds. The van der Waals surface area contributed by atoms with Gasteiger partial charge in [-0.25, -0.2) is 0 Å². The van der Waals surface area contributed by atoms with Gasteiger partial charge in [0.1, 0.15) is 6.04 Å². The van der Waals surface area contributed by atoms with Gasteiger partial charge in [0.2, 0.25) is 5.91 Å². The van der Waals surface area contributed by atoms with Crippen LogP contribution in [-0.4, -0.2) is 65.3 Å². The minimum atomic E-state index is -0.284. The van der Waals surface area contributed by atoms with Gasteiger partial charge in [0.05, 0.1) is 6.20 Å². The van der Waals surface area contributed by atoms with Crippen molar-refractivity contribution in [1.29, 1.82) is 0 Å². The highest BCUT2D eigenvalue weighted by Crippen LogP contribution is 2.30. The lowest BCUT2D eigenvalue weighted by molar-refractivity contribution is -0.135. The number of hydrogen-bond acceptors (Lipinski definition) is 4. The summed E-state index contributed by atoms with van der Waals surface area (Å²) in [4.78, 5) is 17.2. The molecule has 1 aromatic heterocycles. The van der Waals surface area contributed by atoms with Crippen molar-refractivity contribution in [2.75, 3.05) is 39.8 Å². The smallest absolute Gasteiger partial charge is 0.244 e. The van der Waals surface area contributed by atoms with Gasteiger partial charge < -0.3 is 10.2 Å². The molecule has 2 fully saturated rings. The van der Waals surface area contributed by atoms with Gasteiger partial charge >= 0.3 is 0 Å². The fourth-order valence-electron chi connectivity index (χ4n) is 3.02. The zero-order chi connectivity index (χ0) is 14.8. The highest BCUT2D eigenvalue weighted by Gasteiger charge is 2.30. The number of hydrogen-bond donors (Lipinski definition) is 1. The number of amides is 1. The maximum Gasteiger partial charge on any atom is 0.244 e.